The van der Waals surface area contributed by atoms with Gasteiger partial charge in [0.25, 0.3) is 5.91 Å². The second-order valence-electron chi connectivity index (χ2n) is 4.77. The van der Waals surface area contributed by atoms with Crippen LogP contribution >= 0.6 is 0 Å². The Kier molecular flexibility index (Phi) is 6.88. The van der Waals surface area contributed by atoms with Crippen LogP contribution in [0.2, 0.25) is 0 Å². The van der Waals surface area contributed by atoms with Crippen molar-refractivity contribution in [2.45, 2.75) is 38.5 Å². The van der Waals surface area contributed by atoms with Crippen molar-refractivity contribution in [3.63, 3.8) is 0 Å². The Labute approximate surface area is 132 Å². The van der Waals surface area contributed by atoms with Gasteiger partial charge in [-0.15, -0.1) is 0 Å². The molecular formula is C13H19N5O5. The van der Waals surface area contributed by atoms with Crippen molar-refractivity contribution in [3.05, 3.63) is 22.3 Å². The third-order valence-corrected chi connectivity index (χ3v) is 3.02. The van der Waals surface area contributed by atoms with Gasteiger partial charge in [-0.3, -0.25) is 9.59 Å². The van der Waals surface area contributed by atoms with E-state index in [2.05, 4.69) is 25.4 Å². The number of methoxy groups -OCH3 is 1. The predicted octanol–water partition coefficient (Wildman–Crippen LogP) is 0.152. The van der Waals surface area contributed by atoms with Crippen LogP contribution in [0.15, 0.2) is 16.9 Å². The molecule has 0 aliphatic carbocycles. The number of hydrogen-bond acceptors (Lipinski definition) is 6. The number of azide groups is 1. The standard InChI is InChI=1S/C13H19N5O5/c1-4-5-15-12(20)11-10(16-7(2)19)8(17-18-14)6-9(23-11)13(21)22-3/h6,8,10-11H,4-5H2,1-3H3,(H,15,20)(H,16,19)/t8-,10+,11+/m0/s1. The van der Waals surface area contributed by atoms with Crippen LogP contribution in [0.5, 0.6) is 0 Å². The lowest BCUT2D eigenvalue weighted by Crippen LogP contribution is -2.58. The minimum absolute atomic E-state index is 0.247. The summed E-state index contributed by atoms with van der Waals surface area (Å²) >= 11 is 0. The molecule has 0 bridgehead atoms. The van der Waals surface area contributed by atoms with Crippen LogP contribution in [0.25, 0.3) is 10.4 Å². The van der Waals surface area contributed by atoms with Crippen LogP contribution in [-0.2, 0) is 23.9 Å². The van der Waals surface area contributed by atoms with Crippen molar-refractivity contribution in [1.82, 2.24) is 10.6 Å². The van der Waals surface area contributed by atoms with Crippen molar-refractivity contribution in [2.75, 3.05) is 13.7 Å². The summed E-state index contributed by atoms with van der Waals surface area (Å²) in [5.74, 6) is -2.01. The Hall–Kier alpha value is -2.74. The summed E-state index contributed by atoms with van der Waals surface area (Å²) in [7, 11) is 1.15. The number of carbonyl (C=O) groups is 3. The predicted molar refractivity (Wildman–Crippen MR) is 78.8 cm³/mol. The number of ether oxygens (including phenoxy) is 2. The highest BCUT2D eigenvalue weighted by molar-refractivity contribution is 5.89. The van der Waals surface area contributed by atoms with E-state index >= 15 is 0 Å². The largest absolute Gasteiger partial charge is 0.471 e. The van der Waals surface area contributed by atoms with E-state index in [9.17, 15) is 14.4 Å². The third kappa shape index (κ3) is 4.89. The zero-order valence-corrected chi connectivity index (χ0v) is 13.1. The monoisotopic (exact) mass is 325 g/mol. The molecule has 23 heavy (non-hydrogen) atoms. The first kappa shape index (κ1) is 18.3. The number of amides is 2. The molecule has 10 nitrogen and oxygen atoms in total. The fraction of sp³-hybridized carbons (Fsp3) is 0.615. The van der Waals surface area contributed by atoms with E-state index in [-0.39, 0.29) is 5.76 Å². The Morgan fingerprint density at radius 2 is 2.17 bits per heavy atom. The molecule has 3 atom stereocenters. The lowest BCUT2D eigenvalue weighted by atomic mass is 9.98. The van der Waals surface area contributed by atoms with Crippen LogP contribution in [0.4, 0.5) is 0 Å². The van der Waals surface area contributed by atoms with Crippen molar-refractivity contribution in [3.8, 4) is 0 Å². The zero-order valence-electron chi connectivity index (χ0n) is 13.1. The van der Waals surface area contributed by atoms with Gasteiger partial charge in [-0.05, 0) is 18.0 Å². The molecule has 0 spiro atoms. The quantitative estimate of drug-likeness (QED) is 0.309. The van der Waals surface area contributed by atoms with Gasteiger partial charge in [-0.2, -0.15) is 0 Å². The molecule has 10 heteroatoms. The van der Waals surface area contributed by atoms with Crippen molar-refractivity contribution >= 4 is 17.8 Å². The van der Waals surface area contributed by atoms with E-state index < -0.39 is 36.0 Å². The maximum Gasteiger partial charge on any atom is 0.373 e. The number of hydrogen-bond donors (Lipinski definition) is 2. The highest BCUT2D eigenvalue weighted by Gasteiger charge is 2.41. The van der Waals surface area contributed by atoms with Gasteiger partial charge in [0, 0.05) is 18.4 Å². The van der Waals surface area contributed by atoms with Gasteiger partial charge in [0.1, 0.15) is 0 Å². The first-order valence-corrected chi connectivity index (χ1v) is 7.00. The Balaban J connectivity index is 3.18. The fourth-order valence-corrected chi connectivity index (χ4v) is 2.03. The number of nitrogens with zero attached hydrogens (tertiary/aromatic N) is 3. The molecule has 0 fully saturated rings. The molecule has 1 heterocycles. The summed E-state index contributed by atoms with van der Waals surface area (Å²) in [6.07, 6.45) is 0.693. The fourth-order valence-electron chi connectivity index (χ4n) is 2.03. The second-order valence-corrected chi connectivity index (χ2v) is 4.77. The summed E-state index contributed by atoms with van der Waals surface area (Å²) in [5.41, 5.74) is 8.68. The Morgan fingerprint density at radius 1 is 1.48 bits per heavy atom. The van der Waals surface area contributed by atoms with E-state index in [0.717, 1.165) is 7.11 Å². The number of carbonyl (C=O) groups excluding carboxylic acids is 3. The van der Waals surface area contributed by atoms with Crippen molar-refractivity contribution in [2.24, 2.45) is 5.11 Å². The first-order chi connectivity index (χ1) is 10.9. The van der Waals surface area contributed by atoms with Crippen LogP contribution in [0.1, 0.15) is 20.3 Å². The van der Waals surface area contributed by atoms with Gasteiger partial charge in [0.05, 0.1) is 19.2 Å². The van der Waals surface area contributed by atoms with Crippen molar-refractivity contribution in [1.29, 1.82) is 0 Å². The lowest BCUT2D eigenvalue weighted by molar-refractivity contribution is -0.145. The molecule has 1 rings (SSSR count). The first-order valence-electron chi connectivity index (χ1n) is 7.00. The molecule has 2 amide bonds. The molecule has 0 saturated heterocycles. The molecule has 0 radical (unpaired) electrons. The van der Waals surface area contributed by atoms with E-state index in [1.165, 1.54) is 13.0 Å². The molecule has 0 unspecified atom stereocenters. The number of rotatable bonds is 6. The van der Waals surface area contributed by atoms with Crippen molar-refractivity contribution < 1.29 is 23.9 Å². The molecular weight excluding hydrogens is 306 g/mol. The summed E-state index contributed by atoms with van der Waals surface area (Å²) in [5, 5.41) is 8.65. The molecule has 2 N–H and O–H groups in total. The Morgan fingerprint density at radius 3 is 2.70 bits per heavy atom. The van der Waals surface area contributed by atoms with Gasteiger partial charge in [0.15, 0.2) is 6.10 Å². The molecule has 0 aromatic carbocycles. The topological polar surface area (TPSA) is 142 Å². The molecule has 1 aliphatic rings. The van der Waals surface area contributed by atoms with Crippen LogP contribution < -0.4 is 10.6 Å². The minimum Gasteiger partial charge on any atom is -0.471 e. The van der Waals surface area contributed by atoms with Crippen LogP contribution in [0, 0.1) is 0 Å². The molecule has 0 saturated carbocycles. The lowest BCUT2D eigenvalue weighted by Gasteiger charge is -2.34. The molecule has 0 aromatic heterocycles. The zero-order chi connectivity index (χ0) is 17.4. The average molecular weight is 325 g/mol. The van der Waals surface area contributed by atoms with E-state index in [1.807, 2.05) is 6.92 Å². The third-order valence-electron chi connectivity index (χ3n) is 3.02. The molecule has 126 valence electrons. The maximum atomic E-state index is 12.3. The Bertz CT molecular complexity index is 555. The molecule has 0 aromatic rings. The SMILES string of the molecule is CCCNC(=O)[C@@H]1OC(C(=O)OC)=C[C@H](N=[N+]=[N-])[C@H]1NC(C)=O. The van der Waals surface area contributed by atoms with Gasteiger partial charge in [-0.1, -0.05) is 12.0 Å². The van der Waals surface area contributed by atoms with Gasteiger partial charge >= 0.3 is 5.97 Å². The second kappa shape index (κ2) is 8.64. The highest BCUT2D eigenvalue weighted by Crippen LogP contribution is 2.22. The number of nitrogens with one attached hydrogen (secondary N) is 2. The van der Waals surface area contributed by atoms with Crippen LogP contribution in [0.3, 0.4) is 0 Å². The van der Waals surface area contributed by atoms with Gasteiger partial charge < -0.3 is 20.1 Å². The van der Waals surface area contributed by atoms with E-state index in [0.29, 0.717) is 13.0 Å². The number of esters is 1. The van der Waals surface area contributed by atoms with E-state index in [1.54, 1.807) is 0 Å². The summed E-state index contributed by atoms with van der Waals surface area (Å²) < 4.78 is 9.92. The molecule has 1 aliphatic heterocycles. The summed E-state index contributed by atoms with van der Waals surface area (Å²) in [4.78, 5) is 38.0. The van der Waals surface area contributed by atoms with E-state index in [4.69, 9.17) is 10.3 Å². The van der Waals surface area contributed by atoms with Gasteiger partial charge in [0.2, 0.25) is 11.7 Å². The summed E-state index contributed by atoms with van der Waals surface area (Å²) in [6, 6.07) is -1.90. The average Bonchev–Trinajstić information content (AvgIpc) is 2.52. The highest BCUT2D eigenvalue weighted by atomic mass is 16.6. The maximum absolute atomic E-state index is 12.3. The smallest absolute Gasteiger partial charge is 0.373 e. The van der Waals surface area contributed by atoms with Gasteiger partial charge in [-0.25, -0.2) is 4.79 Å². The van der Waals surface area contributed by atoms with Crippen LogP contribution in [-0.4, -0.2) is 49.6 Å². The normalized spacial score (nSPS) is 22.7. The summed E-state index contributed by atoms with van der Waals surface area (Å²) in [6.45, 7) is 3.53. The minimum atomic E-state index is -1.22.